The fourth-order valence-electron chi connectivity index (χ4n) is 1.68. The van der Waals surface area contributed by atoms with Crippen molar-refractivity contribution in [1.82, 2.24) is 5.32 Å². The first-order valence-corrected chi connectivity index (χ1v) is 6.29. The molecule has 0 aliphatic carbocycles. The number of halogens is 4. The summed E-state index contributed by atoms with van der Waals surface area (Å²) in [6, 6.07) is 7.18. The number of amides is 1. The SMILES string of the molecule is O=C(NCCOc1ccccc1F)c1ccc(F)c(F)c1F. The number of benzene rings is 2. The topological polar surface area (TPSA) is 38.3 Å². The Morgan fingerprint density at radius 1 is 0.955 bits per heavy atom. The molecule has 1 N–H and O–H groups in total. The summed E-state index contributed by atoms with van der Waals surface area (Å²) < 4.78 is 57.5. The van der Waals surface area contributed by atoms with Gasteiger partial charge in [0.1, 0.15) is 6.61 Å². The Morgan fingerprint density at radius 2 is 1.68 bits per heavy atom. The number of carbonyl (C=O) groups excluding carboxylic acids is 1. The van der Waals surface area contributed by atoms with Gasteiger partial charge in [-0.05, 0) is 24.3 Å². The van der Waals surface area contributed by atoms with Crippen LogP contribution in [0.1, 0.15) is 10.4 Å². The largest absolute Gasteiger partial charge is 0.489 e. The molecular weight excluding hydrogens is 302 g/mol. The van der Waals surface area contributed by atoms with E-state index in [0.29, 0.717) is 6.07 Å². The first kappa shape index (κ1) is 15.8. The Kier molecular flexibility index (Phi) is 4.98. The van der Waals surface area contributed by atoms with E-state index in [1.54, 1.807) is 6.07 Å². The van der Waals surface area contributed by atoms with Gasteiger partial charge < -0.3 is 10.1 Å². The molecular formula is C15H11F4NO2. The Balaban J connectivity index is 1.89. The van der Waals surface area contributed by atoms with Crippen molar-refractivity contribution in [2.75, 3.05) is 13.2 Å². The molecule has 0 aromatic heterocycles. The molecule has 1 amide bonds. The molecule has 0 saturated carbocycles. The van der Waals surface area contributed by atoms with Crippen molar-refractivity contribution in [2.24, 2.45) is 0 Å². The van der Waals surface area contributed by atoms with Gasteiger partial charge in [-0.15, -0.1) is 0 Å². The van der Waals surface area contributed by atoms with Crippen molar-refractivity contribution in [2.45, 2.75) is 0 Å². The maximum Gasteiger partial charge on any atom is 0.254 e. The van der Waals surface area contributed by atoms with Crippen LogP contribution in [0.2, 0.25) is 0 Å². The average molecular weight is 313 g/mol. The third-order valence-electron chi connectivity index (χ3n) is 2.76. The lowest BCUT2D eigenvalue weighted by Crippen LogP contribution is -2.29. The minimum atomic E-state index is -1.71. The quantitative estimate of drug-likeness (QED) is 0.523. The van der Waals surface area contributed by atoms with Gasteiger partial charge in [-0.3, -0.25) is 4.79 Å². The molecule has 0 aliphatic rings. The van der Waals surface area contributed by atoms with Crippen LogP contribution in [0.4, 0.5) is 17.6 Å². The molecule has 0 heterocycles. The van der Waals surface area contributed by atoms with E-state index in [9.17, 15) is 22.4 Å². The molecule has 0 atom stereocenters. The fraction of sp³-hybridized carbons (Fsp3) is 0.133. The van der Waals surface area contributed by atoms with Crippen LogP contribution in [0.25, 0.3) is 0 Å². The van der Waals surface area contributed by atoms with Gasteiger partial charge in [0.15, 0.2) is 29.0 Å². The van der Waals surface area contributed by atoms with E-state index in [1.165, 1.54) is 18.2 Å². The highest BCUT2D eigenvalue weighted by molar-refractivity contribution is 5.94. The zero-order chi connectivity index (χ0) is 16.1. The van der Waals surface area contributed by atoms with Crippen LogP contribution < -0.4 is 10.1 Å². The molecule has 0 saturated heterocycles. The Morgan fingerprint density at radius 3 is 2.41 bits per heavy atom. The monoisotopic (exact) mass is 313 g/mol. The van der Waals surface area contributed by atoms with Crippen molar-refractivity contribution in [3.8, 4) is 5.75 Å². The molecule has 22 heavy (non-hydrogen) atoms. The summed E-state index contributed by atoms with van der Waals surface area (Å²) in [4.78, 5) is 11.6. The van der Waals surface area contributed by atoms with E-state index in [-0.39, 0.29) is 18.9 Å². The maximum absolute atomic E-state index is 13.4. The zero-order valence-corrected chi connectivity index (χ0v) is 11.2. The van der Waals surface area contributed by atoms with Gasteiger partial charge in [0.25, 0.3) is 5.91 Å². The standard InChI is InChI=1S/C15H11F4NO2/c16-10-3-1-2-4-12(10)22-8-7-20-15(21)9-5-6-11(17)14(19)13(9)18/h1-6H,7-8H2,(H,20,21). The van der Waals surface area contributed by atoms with Gasteiger partial charge in [0, 0.05) is 0 Å². The lowest BCUT2D eigenvalue weighted by Gasteiger charge is -2.09. The predicted molar refractivity (Wildman–Crippen MR) is 70.5 cm³/mol. The van der Waals surface area contributed by atoms with Crippen LogP contribution in [0.15, 0.2) is 36.4 Å². The van der Waals surface area contributed by atoms with E-state index in [2.05, 4.69) is 5.32 Å². The third kappa shape index (κ3) is 3.55. The number of ether oxygens (including phenoxy) is 1. The molecule has 0 spiro atoms. The summed E-state index contributed by atoms with van der Waals surface area (Å²) in [6.07, 6.45) is 0. The van der Waals surface area contributed by atoms with Crippen molar-refractivity contribution in [3.05, 3.63) is 65.2 Å². The molecule has 0 aliphatic heterocycles. The highest BCUT2D eigenvalue weighted by Gasteiger charge is 2.18. The van der Waals surface area contributed by atoms with Crippen molar-refractivity contribution in [3.63, 3.8) is 0 Å². The Hall–Kier alpha value is -2.57. The van der Waals surface area contributed by atoms with Gasteiger partial charge in [-0.1, -0.05) is 12.1 Å². The van der Waals surface area contributed by atoms with Crippen molar-refractivity contribution in [1.29, 1.82) is 0 Å². The molecule has 0 unspecified atom stereocenters. The number of hydrogen-bond acceptors (Lipinski definition) is 2. The summed E-state index contributed by atoms with van der Waals surface area (Å²) in [5.74, 6) is -6.12. The first-order valence-electron chi connectivity index (χ1n) is 6.29. The van der Waals surface area contributed by atoms with Crippen LogP contribution in [-0.4, -0.2) is 19.1 Å². The second kappa shape index (κ2) is 6.93. The molecule has 2 aromatic carbocycles. The lowest BCUT2D eigenvalue weighted by atomic mass is 10.2. The van der Waals surface area contributed by atoms with E-state index < -0.39 is 34.7 Å². The van der Waals surface area contributed by atoms with Crippen LogP contribution >= 0.6 is 0 Å². The van der Waals surface area contributed by atoms with Crippen molar-refractivity contribution < 1.29 is 27.1 Å². The number of hydrogen-bond donors (Lipinski definition) is 1. The third-order valence-corrected chi connectivity index (χ3v) is 2.76. The maximum atomic E-state index is 13.4. The summed E-state index contributed by atoms with van der Waals surface area (Å²) in [6.45, 7) is -0.135. The van der Waals surface area contributed by atoms with Crippen LogP contribution in [0, 0.1) is 23.3 Å². The van der Waals surface area contributed by atoms with E-state index >= 15 is 0 Å². The average Bonchev–Trinajstić information content (AvgIpc) is 2.50. The number of para-hydroxylation sites is 1. The lowest BCUT2D eigenvalue weighted by molar-refractivity contribution is 0.0941. The summed E-state index contributed by atoms with van der Waals surface area (Å²) in [5.41, 5.74) is -0.621. The second-order valence-corrected chi connectivity index (χ2v) is 4.26. The molecule has 7 heteroatoms. The predicted octanol–water partition coefficient (Wildman–Crippen LogP) is 3.05. The zero-order valence-electron chi connectivity index (χ0n) is 11.2. The van der Waals surface area contributed by atoms with Crippen LogP contribution in [0.3, 0.4) is 0 Å². The normalized spacial score (nSPS) is 10.4. The summed E-state index contributed by atoms with van der Waals surface area (Å²) in [5, 5.41) is 2.26. The molecule has 116 valence electrons. The fourth-order valence-corrected chi connectivity index (χ4v) is 1.68. The molecule has 3 nitrogen and oxygen atoms in total. The minimum Gasteiger partial charge on any atom is -0.489 e. The smallest absolute Gasteiger partial charge is 0.254 e. The Labute approximate surface area is 123 Å². The van der Waals surface area contributed by atoms with Crippen LogP contribution in [0.5, 0.6) is 5.75 Å². The summed E-state index contributed by atoms with van der Waals surface area (Å²) >= 11 is 0. The van der Waals surface area contributed by atoms with Gasteiger partial charge in [-0.25, -0.2) is 17.6 Å². The summed E-state index contributed by atoms with van der Waals surface area (Å²) in [7, 11) is 0. The molecule has 0 bridgehead atoms. The van der Waals surface area contributed by atoms with Gasteiger partial charge in [0.05, 0.1) is 12.1 Å². The molecule has 2 rings (SSSR count). The highest BCUT2D eigenvalue weighted by Crippen LogP contribution is 2.16. The van der Waals surface area contributed by atoms with Gasteiger partial charge in [-0.2, -0.15) is 0 Å². The van der Waals surface area contributed by atoms with Gasteiger partial charge in [0.2, 0.25) is 0 Å². The number of nitrogens with one attached hydrogen (secondary N) is 1. The van der Waals surface area contributed by atoms with Crippen molar-refractivity contribution >= 4 is 5.91 Å². The van der Waals surface area contributed by atoms with E-state index in [1.807, 2.05) is 0 Å². The van der Waals surface area contributed by atoms with Gasteiger partial charge >= 0.3 is 0 Å². The first-order chi connectivity index (χ1) is 10.5. The van der Waals surface area contributed by atoms with E-state index in [4.69, 9.17) is 4.74 Å². The van der Waals surface area contributed by atoms with Crippen LogP contribution in [-0.2, 0) is 0 Å². The molecule has 0 fully saturated rings. The number of carbonyl (C=O) groups is 1. The molecule has 2 aromatic rings. The van der Waals surface area contributed by atoms with E-state index in [0.717, 1.165) is 6.07 Å². The highest BCUT2D eigenvalue weighted by atomic mass is 19.2. The second-order valence-electron chi connectivity index (χ2n) is 4.26. The Bertz CT molecular complexity index is 691. The minimum absolute atomic E-state index is 0.00996. The number of rotatable bonds is 5. The molecule has 0 radical (unpaired) electrons.